The lowest BCUT2D eigenvalue weighted by atomic mass is 10.2. The van der Waals surface area contributed by atoms with Crippen LogP contribution in [0.25, 0.3) is 0 Å². The van der Waals surface area contributed by atoms with Crippen LogP contribution in [0.1, 0.15) is 13.3 Å². The fraction of sp³-hybridized carbons (Fsp3) is 0.429. The van der Waals surface area contributed by atoms with Crippen LogP contribution in [0.2, 0.25) is 10.0 Å². The Kier molecular flexibility index (Phi) is 5.54. The van der Waals surface area contributed by atoms with Gasteiger partial charge >= 0.3 is 0 Å². The molecule has 0 spiro atoms. The number of halogens is 2. The Hall–Kier alpha value is -1.31. The summed E-state index contributed by atoms with van der Waals surface area (Å²) >= 11 is 11.8. The number of rotatable bonds is 4. The van der Waals surface area contributed by atoms with Gasteiger partial charge in [0.15, 0.2) is 9.84 Å². The molecule has 1 aliphatic rings. The number of sulfone groups is 1. The number of carbonyl (C=O) groups excluding carboxylic acids is 2. The van der Waals surface area contributed by atoms with Gasteiger partial charge in [-0.25, -0.2) is 8.42 Å². The second kappa shape index (κ2) is 7.07. The van der Waals surface area contributed by atoms with Gasteiger partial charge in [0.1, 0.15) is 6.54 Å². The minimum Gasteiger partial charge on any atom is -0.330 e. The van der Waals surface area contributed by atoms with E-state index in [1.54, 1.807) is 12.1 Å². The van der Waals surface area contributed by atoms with Crippen LogP contribution >= 0.6 is 23.2 Å². The van der Waals surface area contributed by atoms with Crippen LogP contribution in [0.3, 0.4) is 0 Å². The van der Waals surface area contributed by atoms with Gasteiger partial charge in [0.05, 0.1) is 22.2 Å². The minimum absolute atomic E-state index is 0.0338. The van der Waals surface area contributed by atoms with Gasteiger partial charge in [-0.2, -0.15) is 0 Å². The number of benzene rings is 1. The van der Waals surface area contributed by atoms with Crippen molar-refractivity contribution >= 4 is 50.5 Å². The molecule has 9 heteroatoms. The maximum absolute atomic E-state index is 12.1. The molecule has 0 radical (unpaired) electrons. The molecule has 1 saturated heterocycles. The first-order valence-electron chi connectivity index (χ1n) is 6.90. The number of anilines is 1. The SMILES string of the molecule is CC(=O)N(CC(=O)Nc1ccc(Cl)cc1Cl)C1CCS(=O)(=O)C1. The molecule has 1 N–H and O–H groups in total. The molecule has 1 atom stereocenters. The highest BCUT2D eigenvalue weighted by molar-refractivity contribution is 7.91. The third-order valence-corrected chi connectivity index (χ3v) is 5.87. The molecule has 1 aliphatic heterocycles. The Morgan fingerprint density at radius 2 is 2.04 bits per heavy atom. The van der Waals surface area contributed by atoms with Gasteiger partial charge in [0.25, 0.3) is 0 Å². The van der Waals surface area contributed by atoms with E-state index in [0.717, 1.165) is 0 Å². The lowest BCUT2D eigenvalue weighted by Crippen LogP contribution is -2.44. The van der Waals surface area contributed by atoms with Crippen molar-refractivity contribution in [3.05, 3.63) is 28.2 Å². The predicted molar refractivity (Wildman–Crippen MR) is 89.5 cm³/mol. The quantitative estimate of drug-likeness (QED) is 0.867. The summed E-state index contributed by atoms with van der Waals surface area (Å²) in [5.41, 5.74) is 0.378. The van der Waals surface area contributed by atoms with E-state index in [2.05, 4.69) is 5.32 Å². The molecule has 1 heterocycles. The summed E-state index contributed by atoms with van der Waals surface area (Å²) in [5.74, 6) is -0.869. The summed E-state index contributed by atoms with van der Waals surface area (Å²) in [6, 6.07) is 4.16. The molecule has 0 aliphatic carbocycles. The van der Waals surface area contributed by atoms with Gasteiger partial charge in [-0.3, -0.25) is 9.59 Å². The summed E-state index contributed by atoms with van der Waals surface area (Å²) in [6.45, 7) is 1.09. The Bertz CT molecular complexity index is 736. The molecule has 126 valence electrons. The first kappa shape index (κ1) is 18.0. The van der Waals surface area contributed by atoms with Crippen molar-refractivity contribution in [2.45, 2.75) is 19.4 Å². The zero-order valence-corrected chi connectivity index (χ0v) is 14.7. The Morgan fingerprint density at radius 3 is 2.57 bits per heavy atom. The fourth-order valence-corrected chi connectivity index (χ4v) is 4.64. The first-order valence-corrected chi connectivity index (χ1v) is 9.48. The highest BCUT2D eigenvalue weighted by Gasteiger charge is 2.34. The van der Waals surface area contributed by atoms with Crippen LogP contribution in [0, 0.1) is 0 Å². The highest BCUT2D eigenvalue weighted by atomic mass is 35.5. The van der Waals surface area contributed by atoms with E-state index < -0.39 is 21.8 Å². The molecule has 1 aromatic rings. The van der Waals surface area contributed by atoms with Crippen molar-refractivity contribution in [3.8, 4) is 0 Å². The third-order valence-electron chi connectivity index (χ3n) is 3.57. The molecule has 0 saturated carbocycles. The average Bonchev–Trinajstić information content (AvgIpc) is 2.79. The van der Waals surface area contributed by atoms with Crippen LogP contribution < -0.4 is 5.32 Å². The summed E-state index contributed by atoms with van der Waals surface area (Å²) < 4.78 is 23.1. The monoisotopic (exact) mass is 378 g/mol. The number of nitrogens with zero attached hydrogens (tertiary/aromatic N) is 1. The summed E-state index contributed by atoms with van der Waals surface area (Å²) in [6.07, 6.45) is 0.344. The standard InChI is InChI=1S/C14H16Cl2N2O4S/c1-9(19)18(11-4-5-23(21,22)8-11)7-14(20)17-13-3-2-10(15)6-12(13)16/h2-3,6,11H,4-5,7-8H2,1H3,(H,17,20). The van der Waals surface area contributed by atoms with Crippen LogP contribution in [-0.4, -0.2) is 49.2 Å². The molecule has 23 heavy (non-hydrogen) atoms. The van der Waals surface area contributed by atoms with Crippen LogP contribution in [-0.2, 0) is 19.4 Å². The van der Waals surface area contributed by atoms with Gasteiger partial charge in [-0.05, 0) is 24.6 Å². The number of amides is 2. The van der Waals surface area contributed by atoms with Crippen molar-refractivity contribution in [3.63, 3.8) is 0 Å². The van der Waals surface area contributed by atoms with Crippen molar-refractivity contribution in [2.24, 2.45) is 0 Å². The molecule has 0 aromatic heterocycles. The fourth-order valence-electron chi connectivity index (χ4n) is 2.45. The molecule has 0 bridgehead atoms. The molecule has 2 rings (SSSR count). The molecule has 6 nitrogen and oxygen atoms in total. The number of hydrogen-bond acceptors (Lipinski definition) is 4. The van der Waals surface area contributed by atoms with Crippen LogP contribution in [0.5, 0.6) is 0 Å². The van der Waals surface area contributed by atoms with E-state index in [9.17, 15) is 18.0 Å². The first-order chi connectivity index (χ1) is 10.7. The van der Waals surface area contributed by atoms with Gasteiger partial charge in [-0.15, -0.1) is 0 Å². The smallest absolute Gasteiger partial charge is 0.244 e. The summed E-state index contributed by atoms with van der Waals surface area (Å²) in [7, 11) is -3.14. The predicted octanol–water partition coefficient (Wildman–Crippen LogP) is 1.97. The largest absolute Gasteiger partial charge is 0.330 e. The second-order valence-corrected chi connectivity index (χ2v) is 8.45. The lowest BCUT2D eigenvalue weighted by Gasteiger charge is -2.26. The number of hydrogen-bond donors (Lipinski definition) is 1. The van der Waals surface area contributed by atoms with Crippen molar-refractivity contribution in [2.75, 3.05) is 23.4 Å². The van der Waals surface area contributed by atoms with E-state index >= 15 is 0 Å². The minimum atomic E-state index is -3.14. The Labute approximate surface area is 144 Å². The van der Waals surface area contributed by atoms with Gasteiger partial charge in [0, 0.05) is 18.0 Å². The van der Waals surface area contributed by atoms with Gasteiger partial charge < -0.3 is 10.2 Å². The van der Waals surface area contributed by atoms with E-state index in [4.69, 9.17) is 23.2 Å². The zero-order chi connectivity index (χ0) is 17.2. The zero-order valence-electron chi connectivity index (χ0n) is 12.4. The van der Waals surface area contributed by atoms with Crippen molar-refractivity contribution in [1.82, 2.24) is 4.90 Å². The number of carbonyl (C=O) groups is 2. The summed E-state index contributed by atoms with van der Waals surface area (Å²) in [5, 5.41) is 3.31. The van der Waals surface area contributed by atoms with Gasteiger partial charge in [0.2, 0.25) is 11.8 Å². The molecular weight excluding hydrogens is 363 g/mol. The summed E-state index contributed by atoms with van der Waals surface area (Å²) in [4.78, 5) is 25.2. The number of nitrogens with one attached hydrogen (secondary N) is 1. The second-order valence-electron chi connectivity index (χ2n) is 5.38. The maximum Gasteiger partial charge on any atom is 0.244 e. The van der Waals surface area contributed by atoms with Crippen LogP contribution in [0.4, 0.5) is 5.69 Å². The lowest BCUT2D eigenvalue weighted by molar-refractivity contribution is -0.134. The van der Waals surface area contributed by atoms with E-state index in [0.29, 0.717) is 17.1 Å². The van der Waals surface area contributed by atoms with Crippen LogP contribution in [0.15, 0.2) is 18.2 Å². The molecule has 1 unspecified atom stereocenters. The van der Waals surface area contributed by atoms with Crippen molar-refractivity contribution < 1.29 is 18.0 Å². The van der Waals surface area contributed by atoms with E-state index in [-0.39, 0.29) is 29.0 Å². The Balaban J connectivity index is 2.05. The molecular formula is C14H16Cl2N2O4S. The third kappa shape index (κ3) is 4.83. The maximum atomic E-state index is 12.1. The molecule has 1 fully saturated rings. The topological polar surface area (TPSA) is 83.6 Å². The van der Waals surface area contributed by atoms with Gasteiger partial charge in [-0.1, -0.05) is 23.2 Å². The average molecular weight is 379 g/mol. The normalized spacial score (nSPS) is 19.3. The Morgan fingerprint density at radius 1 is 1.35 bits per heavy atom. The van der Waals surface area contributed by atoms with E-state index in [1.165, 1.54) is 17.9 Å². The molecule has 1 aromatic carbocycles. The van der Waals surface area contributed by atoms with Crippen molar-refractivity contribution in [1.29, 1.82) is 0 Å². The van der Waals surface area contributed by atoms with E-state index in [1.807, 2.05) is 0 Å². The molecule has 2 amide bonds. The highest BCUT2D eigenvalue weighted by Crippen LogP contribution is 2.25.